The molecule has 1 aromatic carbocycles. The van der Waals surface area contributed by atoms with Gasteiger partial charge in [-0.05, 0) is 38.0 Å². The van der Waals surface area contributed by atoms with Gasteiger partial charge in [-0.15, -0.1) is 0 Å². The van der Waals surface area contributed by atoms with Gasteiger partial charge in [-0.25, -0.2) is 4.39 Å². The summed E-state index contributed by atoms with van der Waals surface area (Å²) in [7, 11) is 0. The predicted octanol–water partition coefficient (Wildman–Crippen LogP) is 2.40. The minimum absolute atomic E-state index is 0.0374. The van der Waals surface area contributed by atoms with Crippen molar-refractivity contribution in [1.82, 2.24) is 0 Å². The van der Waals surface area contributed by atoms with Crippen molar-refractivity contribution in [1.29, 1.82) is 0 Å². The van der Waals surface area contributed by atoms with Gasteiger partial charge in [0.2, 0.25) is 0 Å². The molecule has 2 N–H and O–H groups in total. The second-order valence-corrected chi connectivity index (χ2v) is 4.55. The minimum atomic E-state index is -0.729. The molecular weight excluding hydrogens is 233 g/mol. The van der Waals surface area contributed by atoms with Crippen LogP contribution >= 0.6 is 0 Å². The molecule has 0 amide bonds. The number of benzene rings is 1. The van der Waals surface area contributed by atoms with Gasteiger partial charge in [0.05, 0.1) is 12.7 Å². The average molecular weight is 255 g/mol. The molecule has 0 aliphatic heterocycles. The maximum atomic E-state index is 13.6. The van der Waals surface area contributed by atoms with Crippen LogP contribution in [0.4, 0.5) is 10.1 Å². The Bertz CT molecular complexity index is 388. The minimum Gasteiger partial charge on any atom is -0.395 e. The zero-order chi connectivity index (χ0) is 13.7. The van der Waals surface area contributed by atoms with Crippen LogP contribution in [0.15, 0.2) is 12.1 Å². The summed E-state index contributed by atoms with van der Waals surface area (Å²) < 4.78 is 13.6. The first kappa shape index (κ1) is 14.9. The van der Waals surface area contributed by atoms with E-state index in [-0.39, 0.29) is 12.4 Å². The number of aryl methyl sites for hydroxylation is 1. The Morgan fingerprint density at radius 3 is 2.50 bits per heavy atom. The standard InChI is InChI=1S/C14H22FNO2/c1-4-5-16(6-7-17)14-8-10(2)13(15)9-12(14)11(3)18/h8-9,11,17-18H,4-7H2,1-3H3. The van der Waals surface area contributed by atoms with Crippen molar-refractivity contribution in [3.63, 3.8) is 0 Å². The van der Waals surface area contributed by atoms with E-state index in [9.17, 15) is 9.50 Å². The topological polar surface area (TPSA) is 43.7 Å². The third-order valence-corrected chi connectivity index (χ3v) is 2.96. The van der Waals surface area contributed by atoms with Crippen LogP contribution in [0.1, 0.15) is 37.5 Å². The zero-order valence-electron chi connectivity index (χ0n) is 11.3. The van der Waals surface area contributed by atoms with Crippen molar-refractivity contribution in [2.45, 2.75) is 33.3 Å². The average Bonchev–Trinajstić information content (AvgIpc) is 2.31. The summed E-state index contributed by atoms with van der Waals surface area (Å²) in [6, 6.07) is 3.12. The molecular formula is C14H22FNO2. The molecule has 1 rings (SSSR count). The van der Waals surface area contributed by atoms with E-state index < -0.39 is 6.10 Å². The molecule has 0 heterocycles. The molecule has 4 heteroatoms. The summed E-state index contributed by atoms with van der Waals surface area (Å²) in [5.74, 6) is -0.310. The van der Waals surface area contributed by atoms with Crippen LogP contribution in [0.2, 0.25) is 0 Å². The lowest BCUT2D eigenvalue weighted by atomic mass is 10.0. The van der Waals surface area contributed by atoms with Crippen LogP contribution in [0.3, 0.4) is 0 Å². The van der Waals surface area contributed by atoms with E-state index in [2.05, 4.69) is 0 Å². The second-order valence-electron chi connectivity index (χ2n) is 4.55. The summed E-state index contributed by atoms with van der Waals surface area (Å²) in [6.45, 7) is 6.66. The van der Waals surface area contributed by atoms with Gasteiger partial charge in [-0.3, -0.25) is 0 Å². The molecule has 18 heavy (non-hydrogen) atoms. The maximum absolute atomic E-state index is 13.6. The fourth-order valence-electron chi connectivity index (χ4n) is 2.03. The summed E-state index contributed by atoms with van der Waals surface area (Å²) in [5, 5.41) is 18.8. The molecule has 0 aromatic heterocycles. The van der Waals surface area contributed by atoms with E-state index in [1.54, 1.807) is 19.9 Å². The maximum Gasteiger partial charge on any atom is 0.126 e. The van der Waals surface area contributed by atoms with Crippen molar-refractivity contribution in [3.05, 3.63) is 29.1 Å². The van der Waals surface area contributed by atoms with Crippen LogP contribution in [-0.4, -0.2) is 29.9 Å². The fraction of sp³-hybridized carbons (Fsp3) is 0.571. The Morgan fingerprint density at radius 1 is 1.33 bits per heavy atom. The molecule has 0 fully saturated rings. The van der Waals surface area contributed by atoms with Crippen molar-refractivity contribution < 1.29 is 14.6 Å². The summed E-state index contributed by atoms with van der Waals surface area (Å²) in [5.41, 5.74) is 1.92. The van der Waals surface area contributed by atoms with Crippen LogP contribution in [-0.2, 0) is 0 Å². The van der Waals surface area contributed by atoms with Crippen molar-refractivity contribution in [2.24, 2.45) is 0 Å². The van der Waals surface area contributed by atoms with E-state index in [0.29, 0.717) is 17.7 Å². The fourth-order valence-corrected chi connectivity index (χ4v) is 2.03. The largest absolute Gasteiger partial charge is 0.395 e. The normalized spacial score (nSPS) is 12.6. The van der Waals surface area contributed by atoms with Crippen LogP contribution in [0.25, 0.3) is 0 Å². The van der Waals surface area contributed by atoms with E-state index in [1.807, 2.05) is 11.8 Å². The van der Waals surface area contributed by atoms with Crippen molar-refractivity contribution >= 4 is 5.69 Å². The third-order valence-electron chi connectivity index (χ3n) is 2.96. The SMILES string of the molecule is CCCN(CCO)c1cc(C)c(F)cc1C(C)O. The molecule has 1 aromatic rings. The van der Waals surface area contributed by atoms with Crippen LogP contribution in [0.5, 0.6) is 0 Å². The molecule has 102 valence electrons. The monoisotopic (exact) mass is 255 g/mol. The molecule has 0 saturated carbocycles. The molecule has 0 spiro atoms. The molecule has 0 aliphatic rings. The molecule has 0 radical (unpaired) electrons. The molecule has 3 nitrogen and oxygen atoms in total. The van der Waals surface area contributed by atoms with E-state index in [0.717, 1.165) is 18.7 Å². The Kier molecular flexibility index (Phi) is 5.56. The Labute approximate surface area is 108 Å². The Hall–Kier alpha value is -1.13. The molecule has 0 aliphatic carbocycles. The molecule has 0 bridgehead atoms. The second kappa shape index (κ2) is 6.71. The van der Waals surface area contributed by atoms with Gasteiger partial charge in [0, 0.05) is 24.3 Å². The lowest BCUT2D eigenvalue weighted by Gasteiger charge is -2.27. The smallest absolute Gasteiger partial charge is 0.126 e. The zero-order valence-corrected chi connectivity index (χ0v) is 11.3. The molecule has 0 saturated heterocycles. The van der Waals surface area contributed by atoms with Gasteiger partial charge in [0.15, 0.2) is 0 Å². The van der Waals surface area contributed by atoms with Gasteiger partial charge < -0.3 is 15.1 Å². The lowest BCUT2D eigenvalue weighted by Crippen LogP contribution is -2.29. The first-order valence-corrected chi connectivity index (χ1v) is 6.35. The quantitative estimate of drug-likeness (QED) is 0.820. The summed E-state index contributed by atoms with van der Waals surface area (Å²) >= 11 is 0. The van der Waals surface area contributed by atoms with Crippen LogP contribution in [0, 0.1) is 12.7 Å². The number of aliphatic hydroxyl groups is 2. The first-order valence-electron chi connectivity index (χ1n) is 6.35. The van der Waals surface area contributed by atoms with Gasteiger partial charge >= 0.3 is 0 Å². The predicted molar refractivity (Wildman–Crippen MR) is 71.4 cm³/mol. The van der Waals surface area contributed by atoms with Gasteiger partial charge in [-0.1, -0.05) is 6.92 Å². The van der Waals surface area contributed by atoms with E-state index in [4.69, 9.17) is 5.11 Å². The summed E-state index contributed by atoms with van der Waals surface area (Å²) in [6.07, 6.45) is 0.198. The highest BCUT2D eigenvalue weighted by Crippen LogP contribution is 2.29. The first-order chi connectivity index (χ1) is 8.51. The number of aliphatic hydroxyl groups excluding tert-OH is 2. The number of hydrogen-bond donors (Lipinski definition) is 2. The number of hydrogen-bond acceptors (Lipinski definition) is 3. The van der Waals surface area contributed by atoms with Gasteiger partial charge in [0.25, 0.3) is 0 Å². The van der Waals surface area contributed by atoms with Crippen LogP contribution < -0.4 is 4.90 Å². The van der Waals surface area contributed by atoms with E-state index >= 15 is 0 Å². The van der Waals surface area contributed by atoms with Crippen molar-refractivity contribution in [2.75, 3.05) is 24.6 Å². The van der Waals surface area contributed by atoms with Gasteiger partial charge in [0.1, 0.15) is 5.82 Å². The number of nitrogens with zero attached hydrogens (tertiary/aromatic N) is 1. The highest BCUT2D eigenvalue weighted by atomic mass is 19.1. The molecule has 1 unspecified atom stereocenters. The Morgan fingerprint density at radius 2 is 2.00 bits per heavy atom. The third kappa shape index (κ3) is 3.43. The van der Waals surface area contributed by atoms with Gasteiger partial charge in [-0.2, -0.15) is 0 Å². The highest BCUT2D eigenvalue weighted by molar-refractivity contribution is 5.56. The van der Waals surface area contributed by atoms with Crippen molar-refractivity contribution in [3.8, 4) is 0 Å². The number of rotatable bonds is 6. The highest BCUT2D eigenvalue weighted by Gasteiger charge is 2.16. The Balaban J connectivity index is 3.21. The van der Waals surface area contributed by atoms with E-state index in [1.165, 1.54) is 6.07 Å². The number of anilines is 1. The number of halogens is 1. The lowest BCUT2D eigenvalue weighted by molar-refractivity contribution is 0.199. The summed E-state index contributed by atoms with van der Waals surface area (Å²) in [4.78, 5) is 1.98. The molecule has 1 atom stereocenters.